The van der Waals surface area contributed by atoms with Gasteiger partial charge in [-0.25, -0.2) is 4.79 Å². The minimum Gasteiger partial charge on any atom is -0.314 e. The summed E-state index contributed by atoms with van der Waals surface area (Å²) in [6.07, 6.45) is 1.77. The highest BCUT2D eigenvalue weighted by molar-refractivity contribution is 5.89. The first-order valence-electron chi connectivity index (χ1n) is 7.53. The number of fused-ring (bicyclic) bond motifs is 1. The molecule has 2 heterocycles. The van der Waals surface area contributed by atoms with Gasteiger partial charge in [0.15, 0.2) is 0 Å². The molecule has 0 atom stereocenters. The zero-order valence-electron chi connectivity index (χ0n) is 13.3. The lowest BCUT2D eigenvalue weighted by Crippen LogP contribution is -2.30. The highest BCUT2D eigenvalue weighted by Gasteiger charge is 2.24. The van der Waals surface area contributed by atoms with Crippen molar-refractivity contribution < 1.29 is 4.79 Å². The SMILES string of the molecule is CC(C)(C)c1ccc(NC(=O)N2Cc3cccnc3C2)cc1. The van der Waals surface area contributed by atoms with Crippen molar-refractivity contribution in [1.29, 1.82) is 0 Å². The van der Waals surface area contributed by atoms with Gasteiger partial charge in [-0.3, -0.25) is 4.98 Å². The summed E-state index contributed by atoms with van der Waals surface area (Å²) in [6.45, 7) is 7.72. The Bertz CT molecular complexity index is 661. The third kappa shape index (κ3) is 2.96. The van der Waals surface area contributed by atoms with Gasteiger partial charge in [0, 0.05) is 18.4 Å². The average Bonchev–Trinajstić information content (AvgIpc) is 2.91. The number of anilines is 1. The van der Waals surface area contributed by atoms with E-state index in [1.165, 1.54) is 5.56 Å². The molecule has 0 aliphatic carbocycles. The number of aromatic nitrogens is 1. The van der Waals surface area contributed by atoms with Crippen LogP contribution in [0.25, 0.3) is 0 Å². The first-order valence-corrected chi connectivity index (χ1v) is 7.53. The smallest absolute Gasteiger partial charge is 0.314 e. The summed E-state index contributed by atoms with van der Waals surface area (Å²) in [5.74, 6) is 0. The molecule has 3 rings (SSSR count). The van der Waals surface area contributed by atoms with E-state index in [1.807, 2.05) is 24.3 Å². The topological polar surface area (TPSA) is 45.2 Å². The number of urea groups is 1. The molecule has 1 N–H and O–H groups in total. The molecule has 0 bridgehead atoms. The maximum atomic E-state index is 12.4. The van der Waals surface area contributed by atoms with Crippen LogP contribution in [0.5, 0.6) is 0 Å². The third-order valence-electron chi connectivity index (χ3n) is 3.98. The predicted octanol–water partition coefficient (Wildman–Crippen LogP) is 3.93. The lowest BCUT2D eigenvalue weighted by molar-refractivity contribution is 0.212. The fourth-order valence-corrected chi connectivity index (χ4v) is 2.60. The van der Waals surface area contributed by atoms with E-state index >= 15 is 0 Å². The van der Waals surface area contributed by atoms with Crippen LogP contribution in [0.3, 0.4) is 0 Å². The molecule has 4 heteroatoms. The van der Waals surface area contributed by atoms with Crippen LogP contribution < -0.4 is 5.32 Å². The number of amides is 2. The number of nitrogens with zero attached hydrogens (tertiary/aromatic N) is 2. The number of carbonyl (C=O) groups excluding carboxylic acids is 1. The van der Waals surface area contributed by atoms with Crippen molar-refractivity contribution in [3.05, 3.63) is 59.4 Å². The Hall–Kier alpha value is -2.36. The monoisotopic (exact) mass is 295 g/mol. The molecule has 0 spiro atoms. The lowest BCUT2D eigenvalue weighted by Gasteiger charge is -2.20. The highest BCUT2D eigenvalue weighted by atomic mass is 16.2. The fourth-order valence-electron chi connectivity index (χ4n) is 2.60. The predicted molar refractivity (Wildman–Crippen MR) is 87.6 cm³/mol. The van der Waals surface area contributed by atoms with Gasteiger partial charge in [0.25, 0.3) is 0 Å². The molecule has 0 saturated heterocycles. The summed E-state index contributed by atoms with van der Waals surface area (Å²) in [5.41, 5.74) is 4.30. The molecule has 1 aromatic carbocycles. The number of carbonyl (C=O) groups is 1. The Morgan fingerprint density at radius 1 is 1.14 bits per heavy atom. The standard InChI is InChI=1S/C18H21N3O/c1-18(2,3)14-6-8-15(9-7-14)20-17(22)21-11-13-5-4-10-19-16(13)12-21/h4-10H,11-12H2,1-3H3,(H,20,22). The quantitative estimate of drug-likeness (QED) is 0.866. The van der Waals surface area contributed by atoms with Crippen LogP contribution in [0.2, 0.25) is 0 Å². The van der Waals surface area contributed by atoms with Crippen molar-refractivity contribution in [2.45, 2.75) is 39.3 Å². The first-order chi connectivity index (χ1) is 10.4. The average molecular weight is 295 g/mol. The molecular formula is C18H21N3O. The second-order valence-corrected chi connectivity index (χ2v) is 6.72. The molecule has 0 fully saturated rings. The zero-order valence-corrected chi connectivity index (χ0v) is 13.3. The molecule has 1 aliphatic rings. The minimum atomic E-state index is -0.0819. The molecule has 1 aromatic heterocycles. The first kappa shape index (κ1) is 14.6. The molecule has 22 heavy (non-hydrogen) atoms. The Morgan fingerprint density at radius 2 is 1.86 bits per heavy atom. The van der Waals surface area contributed by atoms with Crippen molar-refractivity contribution >= 4 is 11.7 Å². The van der Waals surface area contributed by atoms with E-state index in [9.17, 15) is 4.79 Å². The van der Waals surface area contributed by atoms with E-state index in [4.69, 9.17) is 0 Å². The molecule has 4 nitrogen and oxygen atoms in total. The van der Waals surface area contributed by atoms with Gasteiger partial charge in [0.2, 0.25) is 0 Å². The van der Waals surface area contributed by atoms with Gasteiger partial charge in [-0.1, -0.05) is 39.0 Å². The molecule has 2 amide bonds. The number of pyridine rings is 1. The van der Waals surface area contributed by atoms with Crippen molar-refractivity contribution in [1.82, 2.24) is 9.88 Å². The second kappa shape index (κ2) is 5.44. The summed E-state index contributed by atoms with van der Waals surface area (Å²) in [4.78, 5) is 18.4. The van der Waals surface area contributed by atoms with Gasteiger partial charge in [0.05, 0.1) is 12.2 Å². The number of hydrogen-bond donors (Lipinski definition) is 1. The van der Waals surface area contributed by atoms with Gasteiger partial charge in [-0.05, 0) is 34.7 Å². The van der Waals surface area contributed by atoms with Crippen LogP contribution in [0, 0.1) is 0 Å². The second-order valence-electron chi connectivity index (χ2n) is 6.72. The summed E-state index contributed by atoms with van der Waals surface area (Å²) >= 11 is 0. The molecule has 0 saturated carbocycles. The summed E-state index contributed by atoms with van der Waals surface area (Å²) < 4.78 is 0. The van der Waals surface area contributed by atoms with E-state index < -0.39 is 0 Å². The number of nitrogens with one attached hydrogen (secondary N) is 1. The number of benzene rings is 1. The number of rotatable bonds is 1. The Balaban J connectivity index is 1.66. The van der Waals surface area contributed by atoms with Crippen LogP contribution >= 0.6 is 0 Å². The van der Waals surface area contributed by atoms with Gasteiger partial charge < -0.3 is 10.2 Å². The van der Waals surface area contributed by atoms with Crippen LogP contribution in [0.15, 0.2) is 42.6 Å². The molecule has 0 radical (unpaired) electrons. The molecule has 114 valence electrons. The number of hydrogen-bond acceptors (Lipinski definition) is 2. The summed E-state index contributed by atoms with van der Waals surface area (Å²) in [6, 6.07) is 11.9. The molecular weight excluding hydrogens is 274 g/mol. The maximum Gasteiger partial charge on any atom is 0.322 e. The van der Waals surface area contributed by atoms with Crippen LogP contribution in [-0.2, 0) is 18.5 Å². The molecule has 0 unspecified atom stereocenters. The fraction of sp³-hybridized carbons (Fsp3) is 0.333. The van der Waals surface area contributed by atoms with Crippen molar-refractivity contribution in [2.24, 2.45) is 0 Å². The van der Waals surface area contributed by atoms with Gasteiger partial charge >= 0.3 is 6.03 Å². The Morgan fingerprint density at radius 3 is 2.50 bits per heavy atom. The largest absolute Gasteiger partial charge is 0.322 e. The summed E-state index contributed by atoms with van der Waals surface area (Å²) in [7, 11) is 0. The lowest BCUT2D eigenvalue weighted by atomic mass is 9.87. The van der Waals surface area contributed by atoms with Crippen molar-refractivity contribution in [2.75, 3.05) is 5.32 Å². The van der Waals surface area contributed by atoms with E-state index in [1.54, 1.807) is 11.1 Å². The molecule has 2 aromatic rings. The van der Waals surface area contributed by atoms with Crippen molar-refractivity contribution in [3.63, 3.8) is 0 Å². The van der Waals surface area contributed by atoms with E-state index in [0.717, 1.165) is 16.9 Å². The minimum absolute atomic E-state index is 0.0819. The molecule has 1 aliphatic heterocycles. The third-order valence-corrected chi connectivity index (χ3v) is 3.98. The van der Waals surface area contributed by atoms with Gasteiger partial charge in [0.1, 0.15) is 0 Å². The summed E-state index contributed by atoms with van der Waals surface area (Å²) in [5, 5.41) is 2.96. The van der Waals surface area contributed by atoms with Gasteiger partial charge in [-0.15, -0.1) is 0 Å². The van der Waals surface area contributed by atoms with E-state index in [0.29, 0.717) is 13.1 Å². The van der Waals surface area contributed by atoms with E-state index in [-0.39, 0.29) is 11.4 Å². The Kier molecular flexibility index (Phi) is 3.61. The zero-order chi connectivity index (χ0) is 15.7. The van der Waals surface area contributed by atoms with Crippen LogP contribution in [0.1, 0.15) is 37.6 Å². The van der Waals surface area contributed by atoms with Crippen molar-refractivity contribution in [3.8, 4) is 0 Å². The van der Waals surface area contributed by atoms with Crippen LogP contribution in [0.4, 0.5) is 10.5 Å². The van der Waals surface area contributed by atoms with Gasteiger partial charge in [-0.2, -0.15) is 0 Å². The van der Waals surface area contributed by atoms with Crippen LogP contribution in [-0.4, -0.2) is 15.9 Å². The highest BCUT2D eigenvalue weighted by Crippen LogP contribution is 2.24. The van der Waals surface area contributed by atoms with E-state index in [2.05, 4.69) is 43.2 Å². The normalized spacial score (nSPS) is 13.9. The maximum absolute atomic E-state index is 12.4. The Labute approximate surface area is 131 Å².